The van der Waals surface area contributed by atoms with Crippen molar-refractivity contribution < 1.29 is 14.4 Å². The van der Waals surface area contributed by atoms with Crippen molar-refractivity contribution >= 4 is 40.6 Å². The fraction of sp³-hybridized carbons (Fsp3) is 0.292. The summed E-state index contributed by atoms with van der Waals surface area (Å²) in [5.74, 6) is -1.79. The number of nitrogens with zero attached hydrogens (tertiary/aromatic N) is 3. The van der Waals surface area contributed by atoms with E-state index in [1.165, 1.54) is 4.90 Å². The van der Waals surface area contributed by atoms with Gasteiger partial charge in [-0.05, 0) is 74.1 Å². The molecule has 3 rings (SSSR count). The Labute approximate surface area is 202 Å². The number of anilines is 2. The van der Waals surface area contributed by atoms with Gasteiger partial charge in [-0.25, -0.2) is 0 Å². The van der Waals surface area contributed by atoms with Gasteiger partial charge in [0.25, 0.3) is 11.8 Å². The van der Waals surface area contributed by atoms with Crippen LogP contribution in [-0.4, -0.2) is 32.6 Å². The van der Waals surface area contributed by atoms with E-state index in [4.69, 9.17) is 11.5 Å². The predicted octanol–water partition coefficient (Wildman–Crippen LogP) is 3.08. The van der Waals surface area contributed by atoms with Crippen LogP contribution in [0.5, 0.6) is 0 Å². The van der Waals surface area contributed by atoms with Crippen molar-refractivity contribution in [2.45, 2.75) is 45.7 Å². The Morgan fingerprint density at radius 3 is 2.21 bits per heavy atom. The molecular weight excluding hydrogens is 452 g/mol. The summed E-state index contributed by atoms with van der Waals surface area (Å²) in [5.41, 5.74) is 12.7. The Morgan fingerprint density at radius 1 is 1.09 bits per heavy atom. The third-order valence-electron chi connectivity index (χ3n) is 5.02. The first-order valence-electron chi connectivity index (χ1n) is 10.7. The number of nitrogen functional groups attached to an aromatic ring is 1. The fourth-order valence-electron chi connectivity index (χ4n) is 3.42. The number of carbonyl (C=O) groups excluding carboxylic acids is 3. The molecule has 0 aliphatic carbocycles. The third kappa shape index (κ3) is 5.40. The third-order valence-corrected chi connectivity index (χ3v) is 5.87. The number of nitrogens with one attached hydrogen (secondary N) is 1. The second-order valence-electron chi connectivity index (χ2n) is 8.76. The van der Waals surface area contributed by atoms with Crippen LogP contribution < -0.4 is 21.7 Å². The van der Waals surface area contributed by atoms with Crippen LogP contribution in [0.15, 0.2) is 48.8 Å². The lowest BCUT2D eigenvalue weighted by molar-refractivity contribution is -0.123. The van der Waals surface area contributed by atoms with Gasteiger partial charge in [0.05, 0.1) is 5.69 Å². The molecule has 2 heterocycles. The molecule has 0 unspecified atom stereocenters. The summed E-state index contributed by atoms with van der Waals surface area (Å²) < 4.78 is 3.96. The predicted molar refractivity (Wildman–Crippen MR) is 133 cm³/mol. The molecule has 0 radical (unpaired) electrons. The molecule has 2 aromatic heterocycles. The lowest BCUT2D eigenvalue weighted by Crippen LogP contribution is -2.49. The van der Waals surface area contributed by atoms with Gasteiger partial charge in [-0.1, -0.05) is 19.1 Å². The minimum atomic E-state index is -1.04. The molecular formula is C24H28N6O3S. The molecule has 178 valence electrons. The smallest absolute Gasteiger partial charge is 0.273 e. The lowest BCUT2D eigenvalue weighted by atomic mass is 10.0. The van der Waals surface area contributed by atoms with Crippen LogP contribution in [0.4, 0.5) is 11.4 Å². The number of carbonyl (C=O) groups is 3. The molecule has 1 atom stereocenters. The highest BCUT2D eigenvalue weighted by Crippen LogP contribution is 2.33. The summed E-state index contributed by atoms with van der Waals surface area (Å²) in [6, 6.07) is 9.66. The van der Waals surface area contributed by atoms with E-state index in [-0.39, 0.29) is 22.2 Å². The van der Waals surface area contributed by atoms with Crippen LogP contribution in [-0.2, 0) is 11.2 Å². The van der Waals surface area contributed by atoms with Crippen LogP contribution in [0, 0.1) is 0 Å². The van der Waals surface area contributed by atoms with Crippen LogP contribution in [0.1, 0.15) is 65.0 Å². The lowest BCUT2D eigenvalue weighted by Gasteiger charge is -2.33. The topological polar surface area (TPSA) is 144 Å². The fourth-order valence-corrected chi connectivity index (χ4v) is 4.16. The number of amides is 3. The maximum atomic E-state index is 13.9. The molecule has 0 saturated heterocycles. The molecule has 0 aliphatic heterocycles. The second-order valence-corrected chi connectivity index (χ2v) is 9.53. The molecule has 0 bridgehead atoms. The SMILES string of the molecule is CCc1ccc(N(C(=O)c2snc(C(N)=O)c2N)[C@@H](C(=O)NC(C)(C)C)c2ccncc2)cc1. The Morgan fingerprint density at radius 2 is 1.71 bits per heavy atom. The number of hydrogen-bond donors (Lipinski definition) is 3. The molecule has 34 heavy (non-hydrogen) atoms. The maximum absolute atomic E-state index is 13.9. The minimum Gasteiger partial charge on any atom is -0.395 e. The van der Waals surface area contributed by atoms with Crippen molar-refractivity contribution in [3.05, 3.63) is 70.5 Å². The Balaban J connectivity index is 2.21. The van der Waals surface area contributed by atoms with Gasteiger partial charge in [-0.2, -0.15) is 4.37 Å². The monoisotopic (exact) mass is 480 g/mol. The number of benzene rings is 1. The van der Waals surface area contributed by atoms with E-state index in [0.29, 0.717) is 11.3 Å². The molecule has 5 N–H and O–H groups in total. The van der Waals surface area contributed by atoms with Crippen LogP contribution >= 0.6 is 11.5 Å². The van der Waals surface area contributed by atoms with Gasteiger partial charge in [0, 0.05) is 23.6 Å². The number of primary amides is 1. The van der Waals surface area contributed by atoms with Crippen molar-refractivity contribution in [2.24, 2.45) is 5.73 Å². The van der Waals surface area contributed by atoms with E-state index in [9.17, 15) is 14.4 Å². The maximum Gasteiger partial charge on any atom is 0.273 e. The minimum absolute atomic E-state index is 0.0241. The molecule has 0 saturated carbocycles. The van der Waals surface area contributed by atoms with E-state index < -0.39 is 23.4 Å². The molecule has 0 aliphatic rings. The Hall–Kier alpha value is -3.79. The molecule has 9 nitrogen and oxygen atoms in total. The highest BCUT2D eigenvalue weighted by atomic mass is 32.1. The zero-order valence-electron chi connectivity index (χ0n) is 19.5. The number of pyridine rings is 1. The van der Waals surface area contributed by atoms with Gasteiger partial charge < -0.3 is 16.8 Å². The van der Waals surface area contributed by atoms with Crippen molar-refractivity contribution in [1.82, 2.24) is 14.7 Å². The van der Waals surface area contributed by atoms with Gasteiger partial charge in [-0.3, -0.25) is 24.3 Å². The number of aromatic nitrogens is 2. The molecule has 0 spiro atoms. The van der Waals surface area contributed by atoms with E-state index in [1.807, 2.05) is 39.8 Å². The molecule has 3 aromatic rings. The standard InChI is InChI=1S/C24H28N6O3S/c1-5-14-6-8-16(9-7-14)30(23(33)20-17(25)18(21(26)31)29-34-20)19(15-10-12-27-13-11-15)22(32)28-24(2,3)4/h6-13,19H,5,25H2,1-4H3,(H2,26,31)(H,28,32)/t19-/m1/s1. The van der Waals surface area contributed by atoms with Crippen molar-refractivity contribution in [3.63, 3.8) is 0 Å². The highest BCUT2D eigenvalue weighted by Gasteiger charge is 2.37. The van der Waals surface area contributed by atoms with E-state index in [2.05, 4.69) is 14.7 Å². The summed E-state index contributed by atoms with van der Waals surface area (Å²) in [7, 11) is 0. The van der Waals surface area contributed by atoms with Crippen molar-refractivity contribution in [2.75, 3.05) is 10.6 Å². The summed E-state index contributed by atoms with van der Waals surface area (Å²) >= 11 is 0.770. The summed E-state index contributed by atoms with van der Waals surface area (Å²) in [6.45, 7) is 7.60. The van der Waals surface area contributed by atoms with Gasteiger partial charge >= 0.3 is 0 Å². The van der Waals surface area contributed by atoms with E-state index >= 15 is 0 Å². The van der Waals surface area contributed by atoms with E-state index in [1.54, 1.807) is 36.7 Å². The van der Waals surface area contributed by atoms with Gasteiger partial charge in [0.15, 0.2) is 5.69 Å². The van der Waals surface area contributed by atoms with Crippen molar-refractivity contribution in [3.8, 4) is 0 Å². The average Bonchev–Trinajstić information content (AvgIpc) is 3.18. The molecule has 1 aromatic carbocycles. The summed E-state index contributed by atoms with van der Waals surface area (Å²) in [5, 5.41) is 2.96. The second kappa shape index (κ2) is 10.0. The highest BCUT2D eigenvalue weighted by molar-refractivity contribution is 7.09. The first-order valence-corrected chi connectivity index (χ1v) is 11.5. The van der Waals surface area contributed by atoms with Gasteiger partial charge in [-0.15, -0.1) is 0 Å². The van der Waals surface area contributed by atoms with Gasteiger partial charge in [0.2, 0.25) is 5.91 Å². The zero-order chi connectivity index (χ0) is 25.0. The summed E-state index contributed by atoms with van der Waals surface area (Å²) in [4.78, 5) is 44.6. The van der Waals surface area contributed by atoms with Crippen LogP contribution in [0.3, 0.4) is 0 Å². The van der Waals surface area contributed by atoms with Crippen LogP contribution in [0.25, 0.3) is 0 Å². The first-order chi connectivity index (χ1) is 16.0. The quantitative estimate of drug-likeness (QED) is 0.474. The Bertz CT molecular complexity index is 1190. The van der Waals surface area contributed by atoms with Crippen molar-refractivity contribution in [1.29, 1.82) is 0 Å². The Kier molecular flexibility index (Phi) is 7.31. The normalized spacial score (nSPS) is 12.1. The number of rotatable bonds is 7. The average molecular weight is 481 g/mol. The van der Waals surface area contributed by atoms with Gasteiger partial charge in [0.1, 0.15) is 10.9 Å². The number of nitrogens with two attached hydrogens (primary N) is 2. The molecule has 10 heteroatoms. The number of hydrogen-bond acceptors (Lipinski definition) is 7. The zero-order valence-corrected chi connectivity index (χ0v) is 20.3. The first kappa shape index (κ1) is 24.8. The summed E-state index contributed by atoms with van der Waals surface area (Å²) in [6.07, 6.45) is 3.93. The number of aryl methyl sites for hydroxylation is 1. The largest absolute Gasteiger partial charge is 0.395 e. The molecule has 0 fully saturated rings. The molecule has 3 amide bonds. The van der Waals surface area contributed by atoms with E-state index in [0.717, 1.165) is 23.5 Å². The van der Waals surface area contributed by atoms with Crippen LogP contribution in [0.2, 0.25) is 0 Å².